The number of pyridine rings is 2. The van der Waals surface area contributed by atoms with E-state index in [9.17, 15) is 0 Å². The first kappa shape index (κ1) is 21.5. The van der Waals surface area contributed by atoms with Crippen LogP contribution in [-0.4, -0.2) is 32.9 Å². The van der Waals surface area contributed by atoms with Crippen LogP contribution >= 0.6 is 0 Å². The van der Waals surface area contributed by atoms with Crippen LogP contribution in [0.4, 0.5) is 0 Å². The lowest BCUT2D eigenvalue weighted by Crippen LogP contribution is -2.33. The minimum atomic E-state index is 0.341. The number of hydrogen-bond acceptors (Lipinski definition) is 4. The minimum absolute atomic E-state index is 0.341. The molecule has 1 atom stereocenters. The van der Waals surface area contributed by atoms with Crippen LogP contribution in [0, 0.1) is 6.92 Å². The van der Waals surface area contributed by atoms with Crippen LogP contribution in [0.3, 0.4) is 0 Å². The van der Waals surface area contributed by atoms with E-state index in [4.69, 9.17) is 15.7 Å². The van der Waals surface area contributed by atoms with E-state index in [2.05, 4.69) is 47.7 Å². The Labute approximate surface area is 185 Å². The van der Waals surface area contributed by atoms with Gasteiger partial charge in [0.15, 0.2) is 0 Å². The molecule has 0 spiro atoms. The fourth-order valence-electron chi connectivity index (χ4n) is 4.71. The molecule has 3 N–H and O–H groups in total. The first-order valence-electron chi connectivity index (χ1n) is 11.4. The molecule has 4 rings (SSSR count). The van der Waals surface area contributed by atoms with E-state index in [1.54, 1.807) is 0 Å². The molecular weight excluding hydrogens is 382 g/mol. The number of nitrogens with one attached hydrogen (secondary N) is 1. The number of allylic oxidation sites excluding steroid dienone is 2. The van der Waals surface area contributed by atoms with E-state index in [-0.39, 0.29) is 0 Å². The molecule has 0 amide bonds. The van der Waals surface area contributed by atoms with Crippen molar-refractivity contribution in [2.24, 2.45) is 5.73 Å². The molecule has 0 radical (unpaired) electrons. The van der Waals surface area contributed by atoms with Crippen LogP contribution in [0.1, 0.15) is 59.9 Å². The van der Waals surface area contributed by atoms with Gasteiger partial charge in [-0.15, -0.1) is 0 Å². The van der Waals surface area contributed by atoms with Gasteiger partial charge in [0.25, 0.3) is 0 Å². The van der Waals surface area contributed by atoms with Crippen LogP contribution in [0.2, 0.25) is 0 Å². The summed E-state index contributed by atoms with van der Waals surface area (Å²) in [5.74, 6) is 0. The number of nitrogens with two attached hydrogens (primary N) is 1. The summed E-state index contributed by atoms with van der Waals surface area (Å²) in [6.45, 7) is 8.46. The largest absolute Gasteiger partial charge is 0.357 e. The molecule has 3 aromatic heterocycles. The van der Waals surface area contributed by atoms with Crippen molar-refractivity contribution in [1.82, 2.24) is 19.9 Å². The summed E-state index contributed by atoms with van der Waals surface area (Å²) in [5, 5.41) is 1.21. The molecule has 3 heterocycles. The average Bonchev–Trinajstić information content (AvgIpc) is 3.11. The Balaban J connectivity index is 1.65. The predicted molar refractivity (Wildman–Crippen MR) is 129 cm³/mol. The Hall–Kier alpha value is -2.76. The molecule has 0 saturated heterocycles. The van der Waals surface area contributed by atoms with Crippen molar-refractivity contribution < 1.29 is 0 Å². The normalized spacial score (nSPS) is 16.3. The van der Waals surface area contributed by atoms with Gasteiger partial charge in [-0.1, -0.05) is 30.9 Å². The summed E-state index contributed by atoms with van der Waals surface area (Å²) in [5.41, 5.74) is 12.9. The summed E-state index contributed by atoms with van der Waals surface area (Å²) < 4.78 is 0. The molecule has 1 aliphatic rings. The van der Waals surface area contributed by atoms with Crippen LogP contribution in [0.15, 0.2) is 49.3 Å². The van der Waals surface area contributed by atoms with Gasteiger partial charge >= 0.3 is 0 Å². The van der Waals surface area contributed by atoms with Gasteiger partial charge in [0.1, 0.15) is 0 Å². The maximum Gasteiger partial charge on any atom is 0.0648 e. The lowest BCUT2D eigenvalue weighted by molar-refractivity contribution is 0.161. The number of rotatable bonds is 9. The third-order valence-corrected chi connectivity index (χ3v) is 6.25. The van der Waals surface area contributed by atoms with Crippen molar-refractivity contribution >= 4 is 17.0 Å². The van der Waals surface area contributed by atoms with Crippen molar-refractivity contribution in [3.63, 3.8) is 0 Å². The quantitative estimate of drug-likeness (QED) is 0.377. The zero-order valence-electron chi connectivity index (χ0n) is 18.5. The molecular formula is C26H33N5. The highest BCUT2D eigenvalue weighted by Gasteiger charge is 2.27. The Kier molecular flexibility index (Phi) is 6.95. The number of unbranched alkanes of at least 4 members (excludes halogenated alkanes) is 1. The Morgan fingerprint density at radius 3 is 3.06 bits per heavy atom. The number of nitrogens with zero attached hydrogens (tertiary/aromatic N) is 3. The van der Waals surface area contributed by atoms with Gasteiger partial charge in [-0.25, -0.2) is 0 Å². The number of aryl methyl sites for hydroxylation is 2. The van der Waals surface area contributed by atoms with E-state index in [1.807, 2.05) is 24.5 Å². The second-order valence-electron chi connectivity index (χ2n) is 8.40. The highest BCUT2D eigenvalue weighted by Crippen LogP contribution is 2.34. The molecule has 5 nitrogen and oxygen atoms in total. The average molecular weight is 416 g/mol. The molecule has 1 aliphatic carbocycles. The molecule has 0 fully saturated rings. The number of aromatic nitrogens is 3. The Bertz CT molecular complexity index is 1060. The zero-order valence-corrected chi connectivity index (χ0v) is 18.5. The molecule has 0 aromatic carbocycles. The number of H-pyrrole nitrogens is 1. The maximum atomic E-state index is 5.78. The van der Waals surface area contributed by atoms with Gasteiger partial charge in [0, 0.05) is 29.4 Å². The van der Waals surface area contributed by atoms with Gasteiger partial charge in [-0.2, -0.15) is 0 Å². The first-order chi connectivity index (χ1) is 15.2. The van der Waals surface area contributed by atoms with Gasteiger partial charge < -0.3 is 10.7 Å². The van der Waals surface area contributed by atoms with Gasteiger partial charge in [-0.3, -0.25) is 14.9 Å². The number of hydrogen-bond donors (Lipinski definition) is 2. The van der Waals surface area contributed by atoms with Crippen molar-refractivity contribution in [2.75, 3.05) is 13.1 Å². The molecule has 1 unspecified atom stereocenters. The summed E-state index contributed by atoms with van der Waals surface area (Å²) in [6, 6.07) is 6.87. The summed E-state index contributed by atoms with van der Waals surface area (Å²) >= 11 is 0. The number of fused-ring (bicyclic) bond motifs is 2. The topological polar surface area (TPSA) is 70.8 Å². The fraction of sp³-hybridized carbons (Fsp3) is 0.385. The molecule has 0 saturated carbocycles. The highest BCUT2D eigenvalue weighted by atomic mass is 15.2. The lowest BCUT2D eigenvalue weighted by Gasteiger charge is -2.35. The summed E-state index contributed by atoms with van der Waals surface area (Å²) in [7, 11) is 0. The maximum absolute atomic E-state index is 5.78. The van der Waals surface area contributed by atoms with E-state index < -0.39 is 0 Å². The molecule has 0 bridgehead atoms. The monoisotopic (exact) mass is 415 g/mol. The SMILES string of the molecule is C=C/C=C\c1c(C)[nH]c2cnc(CN(CCCCN)C3CCCc4cccnc43)cc12. The van der Waals surface area contributed by atoms with E-state index >= 15 is 0 Å². The van der Waals surface area contributed by atoms with Crippen LogP contribution in [-0.2, 0) is 13.0 Å². The standard InChI is InChI=1S/C26H33N5/c1-3-4-11-22-19(2)30-24-17-29-21(16-23(22)24)18-31(15-6-5-13-27)25-12-7-9-20-10-8-14-28-26(20)25/h3-4,8,10-11,14,16-17,25,30H,1,5-7,9,12-13,15,18,27H2,2H3/b11-4-. The van der Waals surface area contributed by atoms with Crippen LogP contribution < -0.4 is 5.73 Å². The molecule has 162 valence electrons. The first-order valence-corrected chi connectivity index (χ1v) is 11.4. The van der Waals surface area contributed by atoms with Crippen molar-refractivity contribution in [1.29, 1.82) is 0 Å². The summed E-state index contributed by atoms with van der Waals surface area (Å²) in [6.07, 6.45) is 15.4. The van der Waals surface area contributed by atoms with Crippen LogP contribution in [0.5, 0.6) is 0 Å². The van der Waals surface area contributed by atoms with Gasteiger partial charge in [0.2, 0.25) is 0 Å². The third-order valence-electron chi connectivity index (χ3n) is 6.25. The van der Waals surface area contributed by atoms with Crippen molar-refractivity contribution in [3.8, 4) is 0 Å². The summed E-state index contributed by atoms with van der Waals surface area (Å²) in [4.78, 5) is 15.6. The van der Waals surface area contributed by atoms with E-state index in [0.717, 1.165) is 62.2 Å². The Morgan fingerprint density at radius 1 is 1.32 bits per heavy atom. The zero-order chi connectivity index (χ0) is 21.6. The minimum Gasteiger partial charge on any atom is -0.357 e. The highest BCUT2D eigenvalue weighted by molar-refractivity contribution is 5.90. The second-order valence-corrected chi connectivity index (χ2v) is 8.40. The van der Waals surface area contributed by atoms with E-state index in [0.29, 0.717) is 6.04 Å². The third kappa shape index (κ3) is 4.78. The smallest absolute Gasteiger partial charge is 0.0648 e. The molecule has 0 aliphatic heterocycles. The molecule has 3 aromatic rings. The van der Waals surface area contributed by atoms with Crippen LogP contribution in [0.25, 0.3) is 17.0 Å². The van der Waals surface area contributed by atoms with Crippen molar-refractivity contribution in [2.45, 2.75) is 51.6 Å². The van der Waals surface area contributed by atoms with Gasteiger partial charge in [-0.05, 0) is 69.8 Å². The van der Waals surface area contributed by atoms with E-state index in [1.165, 1.54) is 28.6 Å². The van der Waals surface area contributed by atoms with Gasteiger partial charge in [0.05, 0.1) is 29.1 Å². The molecule has 5 heteroatoms. The number of aromatic amines is 1. The predicted octanol–water partition coefficient (Wildman–Crippen LogP) is 5.08. The fourth-order valence-corrected chi connectivity index (χ4v) is 4.71. The lowest BCUT2D eigenvalue weighted by atomic mass is 9.90. The second kappa shape index (κ2) is 10.0. The van der Waals surface area contributed by atoms with Crippen molar-refractivity contribution in [3.05, 3.63) is 77.5 Å². The molecule has 31 heavy (non-hydrogen) atoms. The Morgan fingerprint density at radius 2 is 2.23 bits per heavy atom.